The van der Waals surface area contributed by atoms with Crippen molar-refractivity contribution in [2.75, 3.05) is 35.2 Å². The second-order valence-corrected chi connectivity index (χ2v) is 8.46. The average Bonchev–Trinajstić information content (AvgIpc) is 2.81. The monoisotopic (exact) mass is 450 g/mol. The summed E-state index contributed by atoms with van der Waals surface area (Å²) in [6.07, 6.45) is 6.38. The molecular weight excluding hydrogens is 426 g/mol. The molecule has 0 amide bonds. The van der Waals surface area contributed by atoms with Crippen LogP contribution >= 0.6 is 0 Å². The first kappa shape index (κ1) is 20.5. The van der Waals surface area contributed by atoms with Crippen LogP contribution in [0.25, 0.3) is 0 Å². The molecule has 0 saturated carbocycles. The van der Waals surface area contributed by atoms with Crippen molar-refractivity contribution in [3.8, 4) is 5.88 Å². The average molecular weight is 451 g/mol. The molecule has 0 bridgehead atoms. The number of anilines is 4. The van der Waals surface area contributed by atoms with Gasteiger partial charge in [-0.25, -0.2) is 15.0 Å². The summed E-state index contributed by atoms with van der Waals surface area (Å²) in [6, 6.07) is 1.96. The van der Waals surface area contributed by atoms with Crippen molar-refractivity contribution in [2.24, 2.45) is 0 Å². The molecule has 5 heterocycles. The fraction of sp³-hybridized carbons (Fsp3) is 0.364. The molecule has 2 N–H and O–H groups in total. The topological polar surface area (TPSA) is 105 Å². The van der Waals surface area contributed by atoms with E-state index in [9.17, 15) is 4.21 Å². The lowest BCUT2D eigenvalue weighted by Crippen LogP contribution is -2.32. The normalized spacial score (nSPS) is 14.6. The molecule has 0 fully saturated rings. The third kappa shape index (κ3) is 3.93. The number of aromatic nitrogens is 4. The largest absolute Gasteiger partial charge is 0.474 e. The van der Waals surface area contributed by atoms with Crippen molar-refractivity contribution in [1.82, 2.24) is 19.9 Å². The van der Waals surface area contributed by atoms with Crippen molar-refractivity contribution < 1.29 is 8.95 Å². The summed E-state index contributed by atoms with van der Waals surface area (Å²) in [5.74, 6) is 1.57. The Hall–Kier alpha value is -3.40. The number of ether oxygens (including phenoxy) is 1. The molecule has 164 valence electrons. The van der Waals surface area contributed by atoms with Crippen LogP contribution in [0.1, 0.15) is 28.1 Å². The highest BCUT2D eigenvalue weighted by Crippen LogP contribution is 2.36. The molecule has 0 spiro atoms. The van der Waals surface area contributed by atoms with E-state index in [1.165, 1.54) is 0 Å². The van der Waals surface area contributed by atoms with Gasteiger partial charge in [-0.15, -0.1) is 0 Å². The van der Waals surface area contributed by atoms with Gasteiger partial charge in [-0.05, 0) is 37.5 Å². The lowest BCUT2D eigenvalue weighted by atomic mass is 10.0. The Labute approximate surface area is 190 Å². The summed E-state index contributed by atoms with van der Waals surface area (Å²) in [5, 5.41) is 6.65. The minimum atomic E-state index is 0.357. The maximum atomic E-state index is 10.8. The van der Waals surface area contributed by atoms with E-state index in [1.54, 1.807) is 6.20 Å². The highest BCUT2D eigenvalue weighted by molar-refractivity contribution is 7.64. The van der Waals surface area contributed by atoms with Crippen molar-refractivity contribution in [2.45, 2.75) is 32.6 Å². The van der Waals surface area contributed by atoms with Gasteiger partial charge in [0.15, 0.2) is 0 Å². The molecular formula is C22H24N7O2S+. The first-order chi connectivity index (χ1) is 15.6. The zero-order chi connectivity index (χ0) is 22.1. The van der Waals surface area contributed by atoms with E-state index in [0.29, 0.717) is 42.4 Å². The first-order valence-electron chi connectivity index (χ1n) is 10.6. The smallest absolute Gasteiger partial charge is 0.465 e. The fourth-order valence-electron chi connectivity index (χ4n) is 4.11. The molecule has 2 aliphatic rings. The summed E-state index contributed by atoms with van der Waals surface area (Å²) in [5.41, 5.74) is 7.94. The molecule has 3 aromatic rings. The van der Waals surface area contributed by atoms with Gasteiger partial charge in [0.05, 0.1) is 36.0 Å². The third-order valence-corrected chi connectivity index (χ3v) is 6.24. The number of nitrogens with one attached hydrogen (secondary N) is 2. The van der Waals surface area contributed by atoms with Crippen molar-refractivity contribution in [1.29, 1.82) is 0 Å². The van der Waals surface area contributed by atoms with Crippen LogP contribution in [0, 0.1) is 13.8 Å². The predicted molar refractivity (Wildman–Crippen MR) is 124 cm³/mol. The van der Waals surface area contributed by atoms with Crippen LogP contribution in [0.15, 0.2) is 24.7 Å². The molecule has 0 saturated heterocycles. The molecule has 0 unspecified atom stereocenters. The maximum Gasteiger partial charge on any atom is 0.465 e. The molecule has 9 nitrogen and oxygen atoms in total. The van der Waals surface area contributed by atoms with Crippen molar-refractivity contribution in [3.63, 3.8) is 0 Å². The second kappa shape index (κ2) is 8.62. The van der Waals surface area contributed by atoms with Gasteiger partial charge in [0.1, 0.15) is 18.0 Å². The van der Waals surface area contributed by atoms with Gasteiger partial charge < -0.3 is 20.3 Å². The summed E-state index contributed by atoms with van der Waals surface area (Å²) in [4.78, 5) is 20.5. The molecule has 3 aromatic heterocycles. The van der Waals surface area contributed by atoms with Gasteiger partial charge in [0, 0.05) is 29.1 Å². The van der Waals surface area contributed by atoms with E-state index < -0.39 is 0 Å². The summed E-state index contributed by atoms with van der Waals surface area (Å²) >= 11 is 0.523. The zero-order valence-electron chi connectivity index (χ0n) is 18.0. The Kier molecular flexibility index (Phi) is 5.52. The predicted octanol–water partition coefficient (Wildman–Crippen LogP) is 2.92. The number of fused-ring (bicyclic) bond motifs is 2. The van der Waals surface area contributed by atoms with E-state index in [2.05, 4.69) is 37.4 Å². The SMILES string of the molecule is Cc1cc(Nc2ncc3c(n2)CN(c2cnc4c(c2C)NCCO4)CC3)cnc1C[S+]=O. The summed E-state index contributed by atoms with van der Waals surface area (Å²) in [6.45, 7) is 7.04. The number of nitrogens with zero attached hydrogens (tertiary/aromatic N) is 5. The van der Waals surface area contributed by atoms with Gasteiger partial charge in [-0.1, -0.05) is 0 Å². The van der Waals surface area contributed by atoms with Crippen molar-refractivity contribution >= 4 is 34.7 Å². The van der Waals surface area contributed by atoms with E-state index in [1.807, 2.05) is 25.4 Å². The number of pyridine rings is 2. The van der Waals surface area contributed by atoms with Gasteiger partial charge >= 0.3 is 11.7 Å². The Bertz CT molecular complexity index is 1190. The molecule has 32 heavy (non-hydrogen) atoms. The van der Waals surface area contributed by atoms with E-state index in [4.69, 9.17) is 9.72 Å². The lowest BCUT2D eigenvalue weighted by molar-refractivity contribution is 0.310. The van der Waals surface area contributed by atoms with E-state index in [0.717, 1.165) is 64.7 Å². The summed E-state index contributed by atoms with van der Waals surface area (Å²) in [7, 11) is 0. The lowest BCUT2D eigenvalue weighted by Gasteiger charge is -2.32. The minimum Gasteiger partial charge on any atom is -0.474 e. The molecule has 10 heteroatoms. The van der Waals surface area contributed by atoms with Crippen LogP contribution in [0.5, 0.6) is 5.88 Å². The van der Waals surface area contributed by atoms with Gasteiger partial charge in [-0.3, -0.25) is 4.98 Å². The third-order valence-electron chi connectivity index (χ3n) is 5.84. The standard InChI is InChI=1S/C22H24N7O2S/c1-13-7-16(9-24-18(13)12-32-30)27-22-26-8-15-3-5-29(11-17(15)28-22)19-10-25-21-20(14(19)2)23-4-6-31-21/h7-10,23H,3-6,11-12H2,1-2H3,(H,26,27,28)/q+1. The number of rotatable bonds is 5. The minimum absolute atomic E-state index is 0.357. The van der Waals surface area contributed by atoms with E-state index in [-0.39, 0.29) is 0 Å². The Morgan fingerprint density at radius 2 is 2.12 bits per heavy atom. The number of aryl methyl sites for hydroxylation is 1. The van der Waals surface area contributed by atoms with Crippen LogP contribution in [0.4, 0.5) is 23.0 Å². The molecule has 0 radical (unpaired) electrons. The Balaban J connectivity index is 1.37. The van der Waals surface area contributed by atoms with Crippen LogP contribution < -0.4 is 20.3 Å². The Morgan fingerprint density at radius 3 is 2.97 bits per heavy atom. The number of hydrogen-bond acceptors (Lipinski definition) is 9. The first-order valence-corrected chi connectivity index (χ1v) is 11.5. The van der Waals surface area contributed by atoms with Crippen LogP contribution in [0.3, 0.4) is 0 Å². The fourth-order valence-corrected chi connectivity index (χ4v) is 4.52. The van der Waals surface area contributed by atoms with Gasteiger partial charge in [0.2, 0.25) is 11.8 Å². The molecule has 0 atom stereocenters. The second-order valence-electron chi connectivity index (χ2n) is 7.94. The highest BCUT2D eigenvalue weighted by atomic mass is 32.1. The van der Waals surface area contributed by atoms with E-state index >= 15 is 0 Å². The number of hydrogen-bond donors (Lipinski definition) is 2. The van der Waals surface area contributed by atoms with Crippen LogP contribution in [-0.2, 0) is 34.6 Å². The van der Waals surface area contributed by atoms with Crippen molar-refractivity contribution in [3.05, 3.63) is 52.7 Å². The zero-order valence-corrected chi connectivity index (χ0v) is 18.8. The van der Waals surface area contributed by atoms with Crippen LogP contribution in [-0.4, -0.2) is 39.6 Å². The highest BCUT2D eigenvalue weighted by Gasteiger charge is 2.24. The van der Waals surface area contributed by atoms with Gasteiger partial charge in [0.25, 0.3) is 5.75 Å². The molecule has 2 aliphatic heterocycles. The summed E-state index contributed by atoms with van der Waals surface area (Å²) < 4.78 is 16.5. The maximum absolute atomic E-state index is 10.8. The molecule has 5 rings (SSSR count). The van der Waals surface area contributed by atoms with Gasteiger partial charge in [-0.2, -0.15) is 0 Å². The van der Waals surface area contributed by atoms with Crippen LogP contribution in [0.2, 0.25) is 0 Å². The Morgan fingerprint density at radius 1 is 1.22 bits per heavy atom. The molecule has 0 aliphatic carbocycles. The molecule has 0 aromatic carbocycles. The quantitative estimate of drug-likeness (QED) is 0.568.